The Morgan fingerprint density at radius 2 is 1.61 bits per heavy atom. The Morgan fingerprint density at radius 3 is 2.24 bits per heavy atom. The zero-order valence-electron chi connectivity index (χ0n) is 18.8. The highest BCUT2D eigenvalue weighted by Gasteiger charge is 2.20. The molecular formula is C28H27F3O2. The molecule has 0 bridgehead atoms. The topological polar surface area (TPSA) is 18.5 Å². The number of halogens is 3. The number of hydrogen-bond acceptors (Lipinski definition) is 2. The fourth-order valence-corrected chi connectivity index (χ4v) is 4.29. The van der Waals surface area contributed by atoms with Gasteiger partial charge in [-0.2, -0.15) is 0 Å². The maximum atomic E-state index is 14.8. The number of ether oxygens (including phenoxy) is 2. The van der Waals surface area contributed by atoms with E-state index in [0.717, 1.165) is 28.7 Å². The summed E-state index contributed by atoms with van der Waals surface area (Å²) in [4.78, 5) is 0. The van der Waals surface area contributed by atoms with Crippen molar-refractivity contribution in [2.75, 3.05) is 14.2 Å². The highest BCUT2D eigenvalue weighted by molar-refractivity contribution is 5.67. The molecule has 4 rings (SSSR count). The third kappa shape index (κ3) is 5.14. The minimum Gasteiger partial charge on any atom is -0.494 e. The lowest BCUT2D eigenvalue weighted by Crippen LogP contribution is -2.14. The molecule has 0 saturated heterocycles. The Labute approximate surface area is 192 Å². The van der Waals surface area contributed by atoms with Crippen molar-refractivity contribution < 1.29 is 22.6 Å². The van der Waals surface area contributed by atoms with Crippen molar-refractivity contribution in [3.05, 3.63) is 94.8 Å². The van der Waals surface area contributed by atoms with Crippen LogP contribution < -0.4 is 4.74 Å². The summed E-state index contributed by atoms with van der Waals surface area (Å²) in [7, 11) is 3.10. The molecule has 0 heterocycles. The van der Waals surface area contributed by atoms with E-state index in [1.54, 1.807) is 31.4 Å². The largest absolute Gasteiger partial charge is 0.494 e. The molecule has 0 aliphatic heterocycles. The van der Waals surface area contributed by atoms with E-state index >= 15 is 0 Å². The summed E-state index contributed by atoms with van der Waals surface area (Å²) in [6, 6.07) is 15.9. The molecule has 1 aliphatic rings. The van der Waals surface area contributed by atoms with Crippen LogP contribution in [0.15, 0.2) is 60.7 Å². The lowest BCUT2D eigenvalue weighted by Gasteiger charge is -2.21. The molecule has 0 N–H and O–H groups in total. The van der Waals surface area contributed by atoms with Gasteiger partial charge in [0.25, 0.3) is 0 Å². The Kier molecular flexibility index (Phi) is 7.19. The number of rotatable bonds is 7. The normalized spacial score (nSPS) is 15.9. The first-order chi connectivity index (χ1) is 16.0. The van der Waals surface area contributed by atoms with Gasteiger partial charge in [0.2, 0.25) is 0 Å². The van der Waals surface area contributed by atoms with Gasteiger partial charge in [-0.25, -0.2) is 13.2 Å². The van der Waals surface area contributed by atoms with Crippen LogP contribution in [0.25, 0.3) is 16.7 Å². The van der Waals surface area contributed by atoms with Gasteiger partial charge in [-0.1, -0.05) is 48.5 Å². The van der Waals surface area contributed by atoms with Gasteiger partial charge in [0, 0.05) is 12.7 Å². The van der Waals surface area contributed by atoms with E-state index < -0.39 is 17.5 Å². The number of hydrogen-bond donors (Lipinski definition) is 0. The van der Waals surface area contributed by atoms with Gasteiger partial charge in [-0.3, -0.25) is 0 Å². The first kappa shape index (κ1) is 23.1. The summed E-state index contributed by atoms with van der Waals surface area (Å²) >= 11 is 0. The van der Waals surface area contributed by atoms with Crippen LogP contribution in [-0.2, 0) is 17.6 Å². The van der Waals surface area contributed by atoms with Crippen LogP contribution in [0.2, 0.25) is 0 Å². The van der Waals surface area contributed by atoms with Gasteiger partial charge in [0.1, 0.15) is 0 Å². The van der Waals surface area contributed by atoms with Crippen molar-refractivity contribution in [1.29, 1.82) is 0 Å². The molecule has 0 fully saturated rings. The Morgan fingerprint density at radius 1 is 0.848 bits per heavy atom. The quantitative estimate of drug-likeness (QED) is 0.379. The summed E-state index contributed by atoms with van der Waals surface area (Å²) in [6.45, 7) is 0. The van der Waals surface area contributed by atoms with E-state index in [2.05, 4.69) is 0 Å². The molecule has 172 valence electrons. The van der Waals surface area contributed by atoms with Crippen molar-refractivity contribution in [2.24, 2.45) is 0 Å². The molecule has 2 nitrogen and oxygen atoms in total. The van der Waals surface area contributed by atoms with Crippen LogP contribution in [0, 0.1) is 17.5 Å². The highest BCUT2D eigenvalue weighted by Crippen LogP contribution is 2.32. The first-order valence-electron chi connectivity index (χ1n) is 11.1. The molecule has 1 aliphatic carbocycles. The molecule has 5 heteroatoms. The third-order valence-corrected chi connectivity index (χ3v) is 6.33. The van der Waals surface area contributed by atoms with Crippen molar-refractivity contribution >= 4 is 5.57 Å². The van der Waals surface area contributed by atoms with Crippen molar-refractivity contribution in [1.82, 2.24) is 0 Å². The van der Waals surface area contributed by atoms with Crippen molar-refractivity contribution in [3.63, 3.8) is 0 Å². The molecule has 3 aromatic rings. The van der Waals surface area contributed by atoms with Crippen LogP contribution >= 0.6 is 0 Å². The van der Waals surface area contributed by atoms with E-state index in [1.807, 2.05) is 30.3 Å². The van der Waals surface area contributed by atoms with Gasteiger partial charge < -0.3 is 9.47 Å². The maximum Gasteiger partial charge on any atom is 0.166 e. The molecule has 1 atom stereocenters. The van der Waals surface area contributed by atoms with Gasteiger partial charge in [-0.15, -0.1) is 0 Å². The summed E-state index contributed by atoms with van der Waals surface area (Å²) in [5.41, 5.74) is 4.18. The maximum absolute atomic E-state index is 14.8. The minimum absolute atomic E-state index is 0.149. The van der Waals surface area contributed by atoms with Crippen LogP contribution in [0.3, 0.4) is 0 Å². The SMILES string of the molecule is COc1ccc(-c2ccc(CCc3ccc(C4=CCC(OC)CC4)c(F)c3F)cc2)cc1F. The summed E-state index contributed by atoms with van der Waals surface area (Å²) < 4.78 is 53.8. The second-order valence-electron chi connectivity index (χ2n) is 8.31. The third-order valence-electron chi connectivity index (χ3n) is 6.33. The van der Waals surface area contributed by atoms with Gasteiger partial charge in [-0.05, 0) is 72.1 Å². The molecular weight excluding hydrogens is 425 g/mol. The van der Waals surface area contributed by atoms with E-state index in [0.29, 0.717) is 36.8 Å². The van der Waals surface area contributed by atoms with Crippen molar-refractivity contribution in [3.8, 4) is 16.9 Å². The fraction of sp³-hybridized carbons (Fsp3) is 0.286. The highest BCUT2D eigenvalue weighted by atomic mass is 19.2. The average molecular weight is 453 g/mol. The summed E-state index contributed by atoms with van der Waals surface area (Å²) in [5.74, 6) is -1.75. The lowest BCUT2D eigenvalue weighted by atomic mass is 9.90. The molecule has 0 saturated carbocycles. The van der Waals surface area contributed by atoms with Crippen LogP contribution in [0.4, 0.5) is 13.2 Å². The van der Waals surface area contributed by atoms with E-state index in [-0.39, 0.29) is 11.9 Å². The fourth-order valence-electron chi connectivity index (χ4n) is 4.29. The molecule has 0 spiro atoms. The molecule has 0 aromatic heterocycles. The van der Waals surface area contributed by atoms with Crippen LogP contribution in [0.5, 0.6) is 5.75 Å². The number of methoxy groups -OCH3 is 2. The van der Waals surface area contributed by atoms with Crippen LogP contribution in [0.1, 0.15) is 36.0 Å². The van der Waals surface area contributed by atoms with Crippen molar-refractivity contribution in [2.45, 2.75) is 38.2 Å². The zero-order chi connectivity index (χ0) is 23.4. The van der Waals surface area contributed by atoms with E-state index in [4.69, 9.17) is 9.47 Å². The monoisotopic (exact) mass is 452 g/mol. The molecule has 1 unspecified atom stereocenters. The first-order valence-corrected chi connectivity index (χ1v) is 11.1. The Balaban J connectivity index is 1.43. The predicted molar refractivity (Wildman–Crippen MR) is 125 cm³/mol. The molecule has 0 radical (unpaired) electrons. The smallest absolute Gasteiger partial charge is 0.166 e. The zero-order valence-corrected chi connectivity index (χ0v) is 18.8. The molecule has 3 aromatic carbocycles. The predicted octanol–water partition coefficient (Wildman–Crippen LogP) is 7.15. The second-order valence-corrected chi connectivity index (χ2v) is 8.31. The average Bonchev–Trinajstić information content (AvgIpc) is 2.85. The standard InChI is InChI=1S/C28H27F3O2/c1-32-23-13-9-20(10-14-23)24-15-11-21(27(30)28(24)31)8-5-18-3-6-19(7-4-18)22-12-16-26(33-2)25(29)17-22/h3-4,6-7,9,11-12,15-17,23H,5,8,10,13-14H2,1-2H3. The Bertz CT molecular complexity index is 1150. The number of allylic oxidation sites excluding steroid dienone is 1. The summed E-state index contributed by atoms with van der Waals surface area (Å²) in [5, 5.41) is 0. The second kappa shape index (κ2) is 10.3. The molecule has 0 amide bonds. The van der Waals surface area contributed by atoms with Gasteiger partial charge in [0.05, 0.1) is 13.2 Å². The molecule has 33 heavy (non-hydrogen) atoms. The summed E-state index contributed by atoms with van der Waals surface area (Å²) in [6.07, 6.45) is 5.27. The van der Waals surface area contributed by atoms with Crippen LogP contribution in [-0.4, -0.2) is 20.3 Å². The van der Waals surface area contributed by atoms with E-state index in [9.17, 15) is 13.2 Å². The number of benzene rings is 3. The Hall–Kier alpha value is -3.05. The lowest BCUT2D eigenvalue weighted by molar-refractivity contribution is 0.0964. The number of aryl methyl sites for hydroxylation is 2. The van der Waals surface area contributed by atoms with Gasteiger partial charge >= 0.3 is 0 Å². The minimum atomic E-state index is -0.772. The van der Waals surface area contributed by atoms with E-state index in [1.165, 1.54) is 13.2 Å². The van der Waals surface area contributed by atoms with Gasteiger partial charge in [0.15, 0.2) is 23.2 Å².